The Morgan fingerprint density at radius 3 is 2.69 bits per heavy atom. The number of nitrogens with zero attached hydrogens (tertiary/aromatic N) is 2. The molecule has 0 aliphatic carbocycles. The minimum absolute atomic E-state index is 0.0826. The van der Waals surface area contributed by atoms with Crippen molar-refractivity contribution < 1.29 is 28.5 Å². The molecule has 0 spiro atoms. The van der Waals surface area contributed by atoms with Crippen LogP contribution >= 0.6 is 0 Å². The number of nitrogens with one attached hydrogen (secondary N) is 2. The Hall–Kier alpha value is -2.82. The van der Waals surface area contributed by atoms with Crippen molar-refractivity contribution in [2.45, 2.75) is 31.2 Å². The second-order valence-electron chi connectivity index (χ2n) is 6.33. The van der Waals surface area contributed by atoms with E-state index in [1.165, 1.54) is 18.6 Å². The summed E-state index contributed by atoms with van der Waals surface area (Å²) in [5, 5.41) is 24.1. The summed E-state index contributed by atoms with van der Waals surface area (Å²) in [5.41, 5.74) is 0.978. The molecule has 2 rings (SSSR count). The van der Waals surface area contributed by atoms with Crippen molar-refractivity contribution in [3.8, 4) is 0 Å². The Bertz CT molecular complexity index is 859. The molecule has 0 aliphatic heterocycles. The Morgan fingerprint density at radius 2 is 2.03 bits per heavy atom. The third-order valence-electron chi connectivity index (χ3n) is 4.18. The third kappa shape index (κ3) is 7.61. The summed E-state index contributed by atoms with van der Waals surface area (Å²) in [6.07, 6.45) is 5.28. The Morgan fingerprint density at radius 1 is 1.24 bits per heavy atom. The molecule has 10 heteroatoms. The SMILES string of the molecule is [2H]C([2H])([2H])OC[C@@H](NC(=O)c1cnccn1)C(=O)N[C@@H](CCCc1ccccc1)B(O)O. The minimum atomic E-state index is -2.79. The van der Waals surface area contributed by atoms with Crippen LogP contribution in [0.4, 0.5) is 0 Å². The number of aromatic nitrogens is 2. The summed E-state index contributed by atoms with van der Waals surface area (Å²) in [7, 11) is -4.64. The topological polar surface area (TPSA) is 134 Å². The summed E-state index contributed by atoms with van der Waals surface area (Å²) in [6, 6.07) is 8.14. The number of methoxy groups -OCH3 is 1. The Balaban J connectivity index is 2.01. The van der Waals surface area contributed by atoms with E-state index in [9.17, 15) is 19.6 Å². The van der Waals surface area contributed by atoms with Crippen molar-refractivity contribution in [2.24, 2.45) is 0 Å². The lowest BCUT2D eigenvalue weighted by atomic mass is 9.76. The largest absolute Gasteiger partial charge is 0.475 e. The molecular formula is C19H25BN4O5. The fourth-order valence-corrected chi connectivity index (χ4v) is 2.66. The van der Waals surface area contributed by atoms with Crippen LogP contribution in [-0.2, 0) is 16.0 Å². The van der Waals surface area contributed by atoms with Gasteiger partial charge in [0.15, 0.2) is 0 Å². The molecule has 0 bridgehead atoms. The molecule has 154 valence electrons. The van der Waals surface area contributed by atoms with Gasteiger partial charge in [0, 0.05) is 19.4 Å². The third-order valence-corrected chi connectivity index (χ3v) is 4.18. The van der Waals surface area contributed by atoms with E-state index in [0.29, 0.717) is 12.8 Å². The quantitative estimate of drug-likeness (QED) is 0.380. The van der Waals surface area contributed by atoms with Crippen LogP contribution < -0.4 is 10.6 Å². The number of carbonyl (C=O) groups excluding carboxylic acids is 2. The lowest BCUT2D eigenvalue weighted by Crippen LogP contribution is -2.55. The second-order valence-corrected chi connectivity index (χ2v) is 6.33. The lowest BCUT2D eigenvalue weighted by molar-refractivity contribution is -0.124. The van der Waals surface area contributed by atoms with Crippen LogP contribution in [0.5, 0.6) is 0 Å². The smallest absolute Gasteiger partial charge is 0.426 e. The summed E-state index contributed by atoms with van der Waals surface area (Å²) in [5.74, 6) is -2.63. The number of benzene rings is 1. The van der Waals surface area contributed by atoms with Crippen LogP contribution in [0.25, 0.3) is 0 Å². The maximum absolute atomic E-state index is 12.7. The second kappa shape index (κ2) is 11.9. The molecule has 29 heavy (non-hydrogen) atoms. The van der Waals surface area contributed by atoms with Gasteiger partial charge in [-0.25, -0.2) is 4.98 Å². The van der Waals surface area contributed by atoms with Gasteiger partial charge in [0.25, 0.3) is 5.91 Å². The predicted molar refractivity (Wildman–Crippen MR) is 107 cm³/mol. The van der Waals surface area contributed by atoms with Crippen LogP contribution in [0.15, 0.2) is 48.9 Å². The molecule has 0 radical (unpaired) electrons. The van der Waals surface area contributed by atoms with Gasteiger partial charge in [0.05, 0.1) is 22.9 Å². The first kappa shape index (κ1) is 18.2. The number of ether oxygens (including phenoxy) is 1. The number of rotatable bonds is 11. The molecule has 9 nitrogen and oxygen atoms in total. The van der Waals surface area contributed by atoms with Gasteiger partial charge in [0.1, 0.15) is 11.7 Å². The van der Waals surface area contributed by atoms with E-state index in [2.05, 4.69) is 20.6 Å². The molecule has 2 aromatic rings. The average molecular weight is 403 g/mol. The van der Waals surface area contributed by atoms with E-state index in [1.807, 2.05) is 30.3 Å². The lowest BCUT2D eigenvalue weighted by Gasteiger charge is -2.22. The fourth-order valence-electron chi connectivity index (χ4n) is 2.66. The first-order chi connectivity index (χ1) is 15.2. The van der Waals surface area contributed by atoms with Crippen molar-refractivity contribution in [1.29, 1.82) is 0 Å². The van der Waals surface area contributed by atoms with E-state index in [0.717, 1.165) is 5.56 Å². The van der Waals surface area contributed by atoms with Crippen molar-refractivity contribution >= 4 is 18.9 Å². The van der Waals surface area contributed by atoms with Gasteiger partial charge in [-0.05, 0) is 24.8 Å². The first-order valence-corrected chi connectivity index (χ1v) is 9.07. The van der Waals surface area contributed by atoms with Gasteiger partial charge in [-0.1, -0.05) is 30.3 Å². The molecule has 0 unspecified atom stereocenters. The highest BCUT2D eigenvalue weighted by molar-refractivity contribution is 6.43. The molecule has 1 heterocycles. The van der Waals surface area contributed by atoms with E-state index in [4.69, 9.17) is 8.85 Å². The van der Waals surface area contributed by atoms with Gasteiger partial charge < -0.3 is 25.4 Å². The van der Waals surface area contributed by atoms with Crippen molar-refractivity contribution in [3.05, 3.63) is 60.2 Å². The molecule has 2 amide bonds. The monoisotopic (exact) mass is 403 g/mol. The molecule has 4 N–H and O–H groups in total. The first-order valence-electron chi connectivity index (χ1n) is 10.6. The van der Waals surface area contributed by atoms with Gasteiger partial charge in [0.2, 0.25) is 5.91 Å². The molecule has 0 saturated heterocycles. The van der Waals surface area contributed by atoms with Crippen LogP contribution in [0, 0.1) is 0 Å². The van der Waals surface area contributed by atoms with Gasteiger partial charge >= 0.3 is 7.12 Å². The highest BCUT2D eigenvalue weighted by Gasteiger charge is 2.29. The van der Waals surface area contributed by atoms with Crippen molar-refractivity contribution in [1.82, 2.24) is 20.6 Å². The number of hydrogen-bond donors (Lipinski definition) is 4. The van der Waals surface area contributed by atoms with Crippen LogP contribution in [0.3, 0.4) is 0 Å². The standard InChI is InChI=1S/C19H25BN4O5/c1-29-13-16(23-18(25)15-12-21-10-11-22-15)19(26)24-17(20(27)28)9-5-8-14-6-3-2-4-7-14/h2-4,6-7,10-12,16-17,27-28H,5,8-9,13H2,1H3,(H,23,25)(H,24,26)/t16-,17+/m1/s1/i1D3. The summed E-state index contributed by atoms with van der Waals surface area (Å²) in [4.78, 5) is 32.7. The summed E-state index contributed by atoms with van der Waals surface area (Å²) < 4.78 is 26.2. The van der Waals surface area contributed by atoms with E-state index in [-0.39, 0.29) is 12.1 Å². The Kier molecular flexibility index (Phi) is 7.48. The molecule has 1 aromatic heterocycles. The predicted octanol–water partition coefficient (Wildman–Crippen LogP) is -0.259. The normalized spacial score (nSPS) is 14.6. The number of amides is 2. The van der Waals surface area contributed by atoms with Crippen LogP contribution in [-0.4, -0.2) is 64.6 Å². The maximum atomic E-state index is 12.7. The molecule has 1 aromatic carbocycles. The zero-order valence-corrected chi connectivity index (χ0v) is 15.7. The summed E-state index contributed by atoms with van der Waals surface area (Å²) in [6.45, 7) is -0.660. The van der Waals surface area contributed by atoms with E-state index >= 15 is 0 Å². The number of carbonyl (C=O) groups is 2. The highest BCUT2D eigenvalue weighted by atomic mass is 16.5. The average Bonchev–Trinajstić information content (AvgIpc) is 2.76. The maximum Gasteiger partial charge on any atom is 0.475 e. The Labute approximate surface area is 173 Å². The van der Waals surface area contributed by atoms with Crippen LogP contribution in [0.2, 0.25) is 0 Å². The zero-order chi connectivity index (χ0) is 23.6. The highest BCUT2D eigenvalue weighted by Crippen LogP contribution is 2.08. The number of aryl methyl sites for hydroxylation is 1. The van der Waals surface area contributed by atoms with Crippen molar-refractivity contribution in [2.75, 3.05) is 13.6 Å². The summed E-state index contributed by atoms with van der Waals surface area (Å²) >= 11 is 0. The number of hydrogen-bond acceptors (Lipinski definition) is 7. The van der Waals surface area contributed by atoms with Gasteiger partial charge in [-0.2, -0.15) is 0 Å². The molecular weight excluding hydrogens is 375 g/mol. The van der Waals surface area contributed by atoms with Crippen LogP contribution in [0.1, 0.15) is 33.0 Å². The minimum Gasteiger partial charge on any atom is -0.426 e. The molecule has 0 fully saturated rings. The molecule has 2 atom stereocenters. The van der Waals surface area contributed by atoms with Gasteiger partial charge in [-0.3, -0.25) is 14.6 Å². The fraction of sp³-hybridized carbons (Fsp3) is 0.368. The molecule has 0 aliphatic rings. The van der Waals surface area contributed by atoms with E-state index in [1.54, 1.807) is 0 Å². The van der Waals surface area contributed by atoms with Crippen molar-refractivity contribution in [3.63, 3.8) is 0 Å². The van der Waals surface area contributed by atoms with E-state index < -0.39 is 44.6 Å². The van der Waals surface area contributed by atoms with Gasteiger partial charge in [-0.15, -0.1) is 0 Å². The zero-order valence-electron chi connectivity index (χ0n) is 18.7. The molecule has 0 saturated carbocycles.